The molecular formula is C12H16ClN3O. The third-order valence-electron chi connectivity index (χ3n) is 3.44. The fraction of sp³-hybridized carbons (Fsp3) is 0.667. The van der Waals surface area contributed by atoms with Crippen LogP contribution in [0.4, 0.5) is 5.82 Å². The molecule has 0 aromatic carbocycles. The molecule has 0 radical (unpaired) electrons. The van der Waals surface area contributed by atoms with Crippen molar-refractivity contribution in [2.75, 3.05) is 31.2 Å². The van der Waals surface area contributed by atoms with Gasteiger partial charge in [-0.2, -0.15) is 0 Å². The van der Waals surface area contributed by atoms with Crippen LogP contribution in [0.1, 0.15) is 24.1 Å². The van der Waals surface area contributed by atoms with Crippen molar-refractivity contribution in [1.29, 1.82) is 0 Å². The minimum absolute atomic E-state index is 0.382. The van der Waals surface area contributed by atoms with Gasteiger partial charge < -0.3 is 9.64 Å². The molecule has 0 bridgehead atoms. The quantitative estimate of drug-likeness (QED) is 0.716. The molecule has 0 N–H and O–H groups in total. The number of rotatable bonds is 1. The zero-order valence-corrected chi connectivity index (χ0v) is 10.5. The largest absolute Gasteiger partial charge is 0.378 e. The molecule has 5 heteroatoms. The lowest BCUT2D eigenvalue weighted by atomic mass is 9.96. The van der Waals surface area contributed by atoms with E-state index in [0.717, 1.165) is 50.7 Å². The van der Waals surface area contributed by atoms with Gasteiger partial charge in [-0.15, -0.1) is 0 Å². The van der Waals surface area contributed by atoms with Crippen LogP contribution in [-0.2, 0) is 17.6 Å². The molecule has 0 unspecified atom stereocenters. The van der Waals surface area contributed by atoms with Gasteiger partial charge in [0.2, 0.25) is 5.28 Å². The molecule has 1 fully saturated rings. The molecule has 2 aliphatic rings. The van der Waals surface area contributed by atoms with Crippen molar-refractivity contribution in [3.05, 3.63) is 16.5 Å². The van der Waals surface area contributed by atoms with Gasteiger partial charge in [-0.25, -0.2) is 9.97 Å². The topological polar surface area (TPSA) is 38.2 Å². The number of aromatic nitrogens is 2. The van der Waals surface area contributed by atoms with E-state index in [4.69, 9.17) is 16.3 Å². The lowest BCUT2D eigenvalue weighted by Crippen LogP contribution is -2.38. The van der Waals surface area contributed by atoms with Crippen LogP contribution in [0.15, 0.2) is 0 Å². The van der Waals surface area contributed by atoms with E-state index >= 15 is 0 Å². The van der Waals surface area contributed by atoms with E-state index in [1.54, 1.807) is 0 Å². The van der Waals surface area contributed by atoms with Crippen LogP contribution in [-0.4, -0.2) is 36.3 Å². The van der Waals surface area contributed by atoms with E-state index in [1.807, 2.05) is 0 Å². The van der Waals surface area contributed by atoms with Crippen LogP contribution in [0.25, 0.3) is 0 Å². The molecule has 1 aliphatic heterocycles. The molecule has 0 saturated carbocycles. The third kappa shape index (κ3) is 2.24. The minimum Gasteiger partial charge on any atom is -0.378 e. The summed E-state index contributed by atoms with van der Waals surface area (Å²) in [6.07, 6.45) is 4.56. The molecule has 3 rings (SSSR count). The van der Waals surface area contributed by atoms with Crippen molar-refractivity contribution in [2.45, 2.75) is 25.7 Å². The molecule has 1 aromatic rings. The summed E-state index contributed by atoms with van der Waals surface area (Å²) in [5.41, 5.74) is 2.46. The lowest BCUT2D eigenvalue weighted by Gasteiger charge is -2.31. The van der Waals surface area contributed by atoms with Crippen LogP contribution < -0.4 is 4.90 Å². The zero-order chi connectivity index (χ0) is 11.7. The summed E-state index contributed by atoms with van der Waals surface area (Å²) in [6.45, 7) is 3.35. The van der Waals surface area contributed by atoms with E-state index in [-0.39, 0.29) is 0 Å². The monoisotopic (exact) mass is 253 g/mol. The van der Waals surface area contributed by atoms with Crippen molar-refractivity contribution in [3.8, 4) is 0 Å². The number of aryl methyl sites for hydroxylation is 1. The average molecular weight is 254 g/mol. The van der Waals surface area contributed by atoms with Gasteiger partial charge in [0.25, 0.3) is 0 Å². The highest BCUT2D eigenvalue weighted by Crippen LogP contribution is 2.29. The van der Waals surface area contributed by atoms with Crippen LogP contribution in [0.5, 0.6) is 0 Å². The van der Waals surface area contributed by atoms with Gasteiger partial charge in [0.15, 0.2) is 0 Å². The van der Waals surface area contributed by atoms with E-state index < -0.39 is 0 Å². The molecule has 2 heterocycles. The maximum Gasteiger partial charge on any atom is 0.224 e. The third-order valence-corrected chi connectivity index (χ3v) is 3.61. The summed E-state index contributed by atoms with van der Waals surface area (Å²) in [5.74, 6) is 1.04. The fourth-order valence-electron chi connectivity index (χ4n) is 2.58. The molecule has 1 saturated heterocycles. The first-order valence-electron chi connectivity index (χ1n) is 6.22. The average Bonchev–Trinajstić information content (AvgIpc) is 2.39. The van der Waals surface area contributed by atoms with Gasteiger partial charge in [-0.3, -0.25) is 0 Å². The molecule has 1 aliphatic carbocycles. The van der Waals surface area contributed by atoms with Crippen molar-refractivity contribution >= 4 is 17.4 Å². The SMILES string of the molecule is Clc1nc2c(c(N3CCOCC3)n1)CCCC2. The predicted molar refractivity (Wildman–Crippen MR) is 66.7 cm³/mol. The van der Waals surface area contributed by atoms with Gasteiger partial charge in [-0.05, 0) is 37.3 Å². The summed E-state index contributed by atoms with van der Waals surface area (Å²) < 4.78 is 5.38. The van der Waals surface area contributed by atoms with Crippen LogP contribution in [0, 0.1) is 0 Å². The molecule has 0 atom stereocenters. The summed E-state index contributed by atoms with van der Waals surface area (Å²) in [5, 5.41) is 0.382. The van der Waals surface area contributed by atoms with E-state index in [1.165, 1.54) is 18.4 Å². The molecule has 92 valence electrons. The predicted octanol–water partition coefficient (Wildman–Crippen LogP) is 1.85. The second kappa shape index (κ2) is 4.78. The van der Waals surface area contributed by atoms with Gasteiger partial charge >= 0.3 is 0 Å². The van der Waals surface area contributed by atoms with Crippen LogP contribution in [0.3, 0.4) is 0 Å². The second-order valence-corrected chi connectivity index (χ2v) is 4.89. The number of morpholine rings is 1. The number of hydrogen-bond donors (Lipinski definition) is 0. The number of ether oxygens (including phenoxy) is 1. The summed E-state index contributed by atoms with van der Waals surface area (Å²) in [4.78, 5) is 11.1. The van der Waals surface area contributed by atoms with E-state index in [0.29, 0.717) is 5.28 Å². The van der Waals surface area contributed by atoms with Gasteiger partial charge in [0.05, 0.1) is 18.9 Å². The summed E-state index contributed by atoms with van der Waals surface area (Å²) in [6, 6.07) is 0. The summed E-state index contributed by atoms with van der Waals surface area (Å²) >= 11 is 6.02. The summed E-state index contributed by atoms with van der Waals surface area (Å²) in [7, 11) is 0. The van der Waals surface area contributed by atoms with E-state index in [2.05, 4.69) is 14.9 Å². The van der Waals surface area contributed by atoms with Crippen LogP contribution >= 0.6 is 11.6 Å². The Morgan fingerprint density at radius 3 is 2.65 bits per heavy atom. The Bertz CT molecular complexity index is 418. The van der Waals surface area contributed by atoms with Crippen molar-refractivity contribution in [3.63, 3.8) is 0 Å². The smallest absolute Gasteiger partial charge is 0.224 e. The van der Waals surface area contributed by atoms with Gasteiger partial charge in [0.1, 0.15) is 5.82 Å². The normalized spacial score (nSPS) is 20.2. The molecule has 4 nitrogen and oxygen atoms in total. The number of nitrogens with zero attached hydrogens (tertiary/aromatic N) is 3. The molecule has 0 amide bonds. The highest BCUT2D eigenvalue weighted by atomic mass is 35.5. The first-order valence-corrected chi connectivity index (χ1v) is 6.60. The minimum atomic E-state index is 0.382. The lowest BCUT2D eigenvalue weighted by molar-refractivity contribution is 0.122. The first-order chi connectivity index (χ1) is 8.34. The van der Waals surface area contributed by atoms with Crippen molar-refractivity contribution < 1.29 is 4.74 Å². The first kappa shape index (κ1) is 11.2. The number of anilines is 1. The Kier molecular flexibility index (Phi) is 3.16. The van der Waals surface area contributed by atoms with Gasteiger partial charge in [0, 0.05) is 18.7 Å². The fourth-order valence-corrected chi connectivity index (χ4v) is 2.76. The highest BCUT2D eigenvalue weighted by Gasteiger charge is 2.22. The maximum absolute atomic E-state index is 6.02. The Morgan fingerprint density at radius 1 is 1.06 bits per heavy atom. The van der Waals surface area contributed by atoms with Crippen molar-refractivity contribution in [2.24, 2.45) is 0 Å². The highest BCUT2D eigenvalue weighted by molar-refractivity contribution is 6.28. The second-order valence-electron chi connectivity index (χ2n) is 4.55. The maximum atomic E-state index is 6.02. The Morgan fingerprint density at radius 2 is 1.82 bits per heavy atom. The number of halogens is 1. The number of hydrogen-bond acceptors (Lipinski definition) is 4. The molecule has 1 aromatic heterocycles. The van der Waals surface area contributed by atoms with Crippen LogP contribution in [0.2, 0.25) is 5.28 Å². The molecular weight excluding hydrogens is 238 g/mol. The van der Waals surface area contributed by atoms with Gasteiger partial charge in [-0.1, -0.05) is 0 Å². The zero-order valence-electron chi connectivity index (χ0n) is 9.78. The number of fused-ring (bicyclic) bond motifs is 1. The Labute approximate surface area is 106 Å². The molecule has 0 spiro atoms. The van der Waals surface area contributed by atoms with E-state index in [9.17, 15) is 0 Å². The standard InChI is InChI=1S/C12H16ClN3O/c13-12-14-10-4-2-1-3-9(10)11(15-12)16-5-7-17-8-6-16/h1-8H2. The Hall–Kier alpha value is -0.870. The molecule has 17 heavy (non-hydrogen) atoms. The Balaban J connectivity index is 1.98. The van der Waals surface area contributed by atoms with Crippen molar-refractivity contribution in [1.82, 2.24) is 9.97 Å².